The van der Waals surface area contributed by atoms with Crippen molar-refractivity contribution < 1.29 is 14.8 Å². The average Bonchev–Trinajstić information content (AvgIpc) is 2.46. The van der Waals surface area contributed by atoms with Crippen LogP contribution in [0.3, 0.4) is 0 Å². The first-order chi connectivity index (χ1) is 9.15. The van der Waals surface area contributed by atoms with Gasteiger partial charge in [0.1, 0.15) is 11.4 Å². The summed E-state index contributed by atoms with van der Waals surface area (Å²) in [6.45, 7) is 2.21. The number of nitrogens with one attached hydrogen (secondary N) is 2. The molecule has 0 spiro atoms. The standard InChI is InChI=1S/C12H16N4O3/c1-9(16-19)11(17)14-7-4-8-15-12(18)10-5-2-3-6-13-10/h2-3,5-6,19H,4,7-8H2,1H3,(H,14,17)(H,15,18). The molecular formula is C12H16N4O3. The lowest BCUT2D eigenvalue weighted by Gasteiger charge is -2.05. The fourth-order valence-electron chi connectivity index (χ4n) is 1.25. The van der Waals surface area contributed by atoms with E-state index in [-0.39, 0.29) is 11.6 Å². The van der Waals surface area contributed by atoms with Crippen LogP contribution >= 0.6 is 0 Å². The second-order valence-electron chi connectivity index (χ2n) is 3.77. The Morgan fingerprint density at radius 2 is 2.05 bits per heavy atom. The minimum Gasteiger partial charge on any atom is -0.410 e. The van der Waals surface area contributed by atoms with Crippen molar-refractivity contribution in [3.8, 4) is 0 Å². The molecule has 19 heavy (non-hydrogen) atoms. The van der Waals surface area contributed by atoms with Crippen molar-refractivity contribution in [1.29, 1.82) is 0 Å². The van der Waals surface area contributed by atoms with Crippen LogP contribution in [0.2, 0.25) is 0 Å². The monoisotopic (exact) mass is 264 g/mol. The normalized spacial score (nSPS) is 10.9. The fraction of sp³-hybridized carbons (Fsp3) is 0.333. The SMILES string of the molecule is CC(=NO)C(=O)NCCCNC(=O)c1ccccn1. The zero-order chi connectivity index (χ0) is 14.1. The number of hydrogen-bond donors (Lipinski definition) is 3. The number of nitrogens with zero attached hydrogens (tertiary/aromatic N) is 2. The lowest BCUT2D eigenvalue weighted by Crippen LogP contribution is -2.33. The van der Waals surface area contributed by atoms with Crippen molar-refractivity contribution in [3.63, 3.8) is 0 Å². The van der Waals surface area contributed by atoms with E-state index in [9.17, 15) is 9.59 Å². The van der Waals surface area contributed by atoms with Crippen LogP contribution in [0.4, 0.5) is 0 Å². The van der Waals surface area contributed by atoms with Gasteiger partial charge in [0, 0.05) is 19.3 Å². The zero-order valence-corrected chi connectivity index (χ0v) is 10.6. The molecule has 0 saturated carbocycles. The van der Waals surface area contributed by atoms with Crippen LogP contribution in [-0.4, -0.2) is 40.8 Å². The summed E-state index contributed by atoms with van der Waals surface area (Å²) in [7, 11) is 0. The first-order valence-corrected chi connectivity index (χ1v) is 5.81. The van der Waals surface area contributed by atoms with E-state index in [1.807, 2.05) is 0 Å². The number of amides is 2. The minimum atomic E-state index is -0.432. The summed E-state index contributed by atoms with van der Waals surface area (Å²) >= 11 is 0. The van der Waals surface area contributed by atoms with E-state index >= 15 is 0 Å². The van der Waals surface area contributed by atoms with Crippen LogP contribution in [0.1, 0.15) is 23.8 Å². The predicted octanol–water partition coefficient (Wildman–Crippen LogP) is 0.168. The lowest BCUT2D eigenvalue weighted by atomic mass is 10.3. The molecule has 1 aromatic rings. The van der Waals surface area contributed by atoms with E-state index in [1.165, 1.54) is 6.92 Å². The van der Waals surface area contributed by atoms with Gasteiger partial charge >= 0.3 is 0 Å². The number of rotatable bonds is 6. The quantitative estimate of drug-likeness (QED) is 0.295. The molecule has 0 bridgehead atoms. The number of carbonyl (C=O) groups is 2. The highest BCUT2D eigenvalue weighted by molar-refractivity contribution is 6.37. The summed E-state index contributed by atoms with van der Waals surface area (Å²) in [5, 5.41) is 16.4. The molecule has 0 fully saturated rings. The Labute approximate surface area is 110 Å². The van der Waals surface area contributed by atoms with Crippen LogP contribution in [0.15, 0.2) is 29.6 Å². The Morgan fingerprint density at radius 1 is 1.32 bits per heavy atom. The molecule has 0 saturated heterocycles. The molecule has 2 amide bonds. The van der Waals surface area contributed by atoms with Crippen LogP contribution in [0.5, 0.6) is 0 Å². The topological polar surface area (TPSA) is 104 Å². The van der Waals surface area contributed by atoms with Gasteiger partial charge in [-0.05, 0) is 25.5 Å². The molecule has 1 rings (SSSR count). The third-order valence-corrected chi connectivity index (χ3v) is 2.30. The van der Waals surface area contributed by atoms with Gasteiger partial charge in [-0.1, -0.05) is 11.2 Å². The Morgan fingerprint density at radius 3 is 2.68 bits per heavy atom. The second kappa shape index (κ2) is 7.80. The first kappa shape index (κ1) is 14.6. The number of carbonyl (C=O) groups excluding carboxylic acids is 2. The average molecular weight is 264 g/mol. The number of pyridine rings is 1. The molecule has 0 atom stereocenters. The van der Waals surface area contributed by atoms with Crippen molar-refractivity contribution in [3.05, 3.63) is 30.1 Å². The summed E-state index contributed by atoms with van der Waals surface area (Å²) in [6.07, 6.45) is 2.12. The van der Waals surface area contributed by atoms with E-state index in [0.29, 0.717) is 25.2 Å². The summed E-state index contributed by atoms with van der Waals surface area (Å²) in [5.41, 5.74) is 0.354. The van der Waals surface area contributed by atoms with Gasteiger partial charge in [0.05, 0.1) is 0 Å². The summed E-state index contributed by atoms with van der Waals surface area (Å²) < 4.78 is 0. The highest BCUT2D eigenvalue weighted by Gasteiger charge is 2.06. The van der Waals surface area contributed by atoms with Gasteiger partial charge in [-0.15, -0.1) is 0 Å². The predicted molar refractivity (Wildman–Crippen MR) is 69.1 cm³/mol. The zero-order valence-electron chi connectivity index (χ0n) is 10.6. The summed E-state index contributed by atoms with van der Waals surface area (Å²) in [4.78, 5) is 26.7. The molecular weight excluding hydrogens is 248 g/mol. The van der Waals surface area contributed by atoms with Crippen LogP contribution < -0.4 is 10.6 Å². The molecule has 3 N–H and O–H groups in total. The third kappa shape index (κ3) is 5.15. The van der Waals surface area contributed by atoms with Crippen molar-refractivity contribution in [2.75, 3.05) is 13.1 Å². The molecule has 0 aliphatic rings. The van der Waals surface area contributed by atoms with E-state index in [1.54, 1.807) is 24.4 Å². The molecule has 102 valence electrons. The Hall–Kier alpha value is -2.44. The highest BCUT2D eigenvalue weighted by atomic mass is 16.4. The number of hydrogen-bond acceptors (Lipinski definition) is 5. The first-order valence-electron chi connectivity index (χ1n) is 5.81. The van der Waals surface area contributed by atoms with Crippen molar-refractivity contribution >= 4 is 17.5 Å². The molecule has 0 aliphatic carbocycles. The molecule has 1 heterocycles. The Bertz CT molecular complexity index is 459. The van der Waals surface area contributed by atoms with E-state index in [4.69, 9.17) is 5.21 Å². The largest absolute Gasteiger partial charge is 0.410 e. The van der Waals surface area contributed by atoms with Crippen molar-refractivity contribution in [2.24, 2.45) is 5.16 Å². The maximum Gasteiger partial charge on any atom is 0.269 e. The van der Waals surface area contributed by atoms with E-state index < -0.39 is 5.91 Å². The van der Waals surface area contributed by atoms with E-state index in [0.717, 1.165) is 0 Å². The Balaban J connectivity index is 2.18. The fourth-order valence-corrected chi connectivity index (χ4v) is 1.25. The molecule has 0 radical (unpaired) electrons. The third-order valence-electron chi connectivity index (χ3n) is 2.30. The summed E-state index contributed by atoms with van der Waals surface area (Å²) in [6, 6.07) is 5.09. The second-order valence-corrected chi connectivity index (χ2v) is 3.77. The van der Waals surface area contributed by atoms with Crippen molar-refractivity contribution in [2.45, 2.75) is 13.3 Å². The van der Waals surface area contributed by atoms with Gasteiger partial charge in [-0.25, -0.2) is 0 Å². The van der Waals surface area contributed by atoms with Gasteiger partial charge < -0.3 is 15.8 Å². The molecule has 0 unspecified atom stereocenters. The number of oxime groups is 1. The van der Waals surface area contributed by atoms with Crippen LogP contribution in [0.25, 0.3) is 0 Å². The summed E-state index contributed by atoms with van der Waals surface area (Å²) in [5.74, 6) is -0.682. The minimum absolute atomic E-state index is 0.00230. The molecule has 0 aliphatic heterocycles. The van der Waals surface area contributed by atoms with Gasteiger partial charge in [-0.2, -0.15) is 0 Å². The maximum atomic E-state index is 11.6. The molecule has 7 heteroatoms. The lowest BCUT2D eigenvalue weighted by molar-refractivity contribution is -0.114. The van der Waals surface area contributed by atoms with Gasteiger partial charge in [0.25, 0.3) is 11.8 Å². The molecule has 0 aromatic carbocycles. The van der Waals surface area contributed by atoms with Crippen LogP contribution in [-0.2, 0) is 4.79 Å². The Kier molecular flexibility index (Phi) is 6.00. The van der Waals surface area contributed by atoms with Gasteiger partial charge in [0.15, 0.2) is 0 Å². The van der Waals surface area contributed by atoms with Crippen molar-refractivity contribution in [1.82, 2.24) is 15.6 Å². The number of aromatic nitrogens is 1. The maximum absolute atomic E-state index is 11.6. The molecule has 1 aromatic heterocycles. The van der Waals surface area contributed by atoms with Crippen LogP contribution in [0, 0.1) is 0 Å². The smallest absolute Gasteiger partial charge is 0.269 e. The highest BCUT2D eigenvalue weighted by Crippen LogP contribution is 1.92. The molecule has 7 nitrogen and oxygen atoms in total. The van der Waals surface area contributed by atoms with Gasteiger partial charge in [-0.3, -0.25) is 14.6 Å². The van der Waals surface area contributed by atoms with E-state index in [2.05, 4.69) is 20.8 Å². The van der Waals surface area contributed by atoms with Gasteiger partial charge in [0.2, 0.25) is 0 Å².